The van der Waals surface area contributed by atoms with Gasteiger partial charge < -0.3 is 0 Å². The van der Waals surface area contributed by atoms with Crippen molar-refractivity contribution in [3.05, 3.63) is 69.6 Å². The quantitative estimate of drug-likeness (QED) is 0.522. The monoisotopic (exact) mass is 427 g/mol. The Kier molecular flexibility index (Phi) is 4.71. The first-order valence-electron chi connectivity index (χ1n) is 9.22. The van der Waals surface area contributed by atoms with Crippen LogP contribution in [-0.4, -0.2) is 17.8 Å². The molecular weight excluding hydrogens is 406 g/mol. The third-order valence-electron chi connectivity index (χ3n) is 4.84. The molecule has 2 aromatic heterocycles. The van der Waals surface area contributed by atoms with Crippen molar-refractivity contribution in [3.63, 3.8) is 0 Å². The highest BCUT2D eigenvalue weighted by molar-refractivity contribution is 7.92. The van der Waals surface area contributed by atoms with Crippen molar-refractivity contribution in [1.29, 1.82) is 0 Å². The van der Waals surface area contributed by atoms with Crippen molar-refractivity contribution in [2.45, 2.75) is 38.5 Å². The second kappa shape index (κ2) is 6.96. The molecule has 0 aliphatic carbocycles. The van der Waals surface area contributed by atoms with Crippen molar-refractivity contribution in [1.82, 2.24) is 9.38 Å². The standard InChI is InChI=1S/C21H21N3O3S2/c1-12(2)15-6-8-16(9-7-15)23-29(26,27)19-14(4)22-21-24(20(19)25)17-10-5-13(3)11-18(17)28-21/h5-12,23H,1-4H3. The Labute approximate surface area is 172 Å². The maximum Gasteiger partial charge on any atom is 0.280 e. The van der Waals surface area contributed by atoms with Gasteiger partial charge >= 0.3 is 0 Å². The summed E-state index contributed by atoms with van der Waals surface area (Å²) in [6, 6.07) is 12.8. The highest BCUT2D eigenvalue weighted by Crippen LogP contribution is 2.27. The lowest BCUT2D eigenvalue weighted by molar-refractivity contribution is 0.598. The first kappa shape index (κ1) is 19.6. The molecule has 0 spiro atoms. The van der Waals surface area contributed by atoms with Gasteiger partial charge in [0.1, 0.15) is 0 Å². The summed E-state index contributed by atoms with van der Waals surface area (Å²) in [6.45, 7) is 7.65. The van der Waals surface area contributed by atoms with Gasteiger partial charge in [-0.25, -0.2) is 17.8 Å². The van der Waals surface area contributed by atoms with E-state index < -0.39 is 15.6 Å². The van der Waals surface area contributed by atoms with Crippen LogP contribution in [0.4, 0.5) is 5.69 Å². The maximum atomic E-state index is 13.2. The molecule has 2 aromatic carbocycles. The third-order valence-corrected chi connectivity index (χ3v) is 7.35. The van der Waals surface area contributed by atoms with E-state index in [1.165, 1.54) is 15.7 Å². The predicted molar refractivity (Wildman–Crippen MR) is 118 cm³/mol. The van der Waals surface area contributed by atoms with Gasteiger partial charge in [-0.05, 0) is 55.2 Å². The number of nitrogens with zero attached hydrogens (tertiary/aromatic N) is 2. The fraction of sp³-hybridized carbons (Fsp3) is 0.238. The van der Waals surface area contributed by atoms with E-state index in [1.807, 2.05) is 37.3 Å². The number of benzene rings is 2. The number of sulfonamides is 1. The summed E-state index contributed by atoms with van der Waals surface area (Å²) in [4.78, 5) is 17.8. The smallest absolute Gasteiger partial charge is 0.279 e. The van der Waals surface area contributed by atoms with E-state index in [9.17, 15) is 13.2 Å². The van der Waals surface area contributed by atoms with Crippen molar-refractivity contribution in [2.75, 3.05) is 4.72 Å². The van der Waals surface area contributed by atoms with Gasteiger partial charge in [-0.1, -0.05) is 43.4 Å². The molecule has 1 N–H and O–H groups in total. The molecule has 0 bridgehead atoms. The van der Waals surface area contributed by atoms with Crippen molar-refractivity contribution >= 4 is 42.2 Å². The van der Waals surface area contributed by atoms with Crippen LogP contribution < -0.4 is 10.3 Å². The van der Waals surface area contributed by atoms with Crippen LogP contribution in [0, 0.1) is 13.8 Å². The lowest BCUT2D eigenvalue weighted by atomic mass is 10.0. The van der Waals surface area contributed by atoms with Gasteiger partial charge in [0.15, 0.2) is 9.86 Å². The van der Waals surface area contributed by atoms with Crippen molar-refractivity contribution in [2.24, 2.45) is 0 Å². The average molecular weight is 428 g/mol. The molecule has 0 saturated carbocycles. The summed E-state index contributed by atoms with van der Waals surface area (Å²) < 4.78 is 30.9. The second-order valence-corrected chi connectivity index (χ2v) is 10.0. The van der Waals surface area contributed by atoms with Crippen LogP contribution >= 0.6 is 11.3 Å². The van der Waals surface area contributed by atoms with Crippen LogP contribution in [0.5, 0.6) is 0 Å². The zero-order valence-electron chi connectivity index (χ0n) is 16.6. The first-order chi connectivity index (χ1) is 13.7. The zero-order chi connectivity index (χ0) is 20.9. The number of fused-ring (bicyclic) bond motifs is 3. The summed E-state index contributed by atoms with van der Waals surface area (Å²) in [7, 11) is -4.10. The molecule has 0 radical (unpaired) electrons. The average Bonchev–Trinajstić information content (AvgIpc) is 2.98. The number of aryl methyl sites for hydroxylation is 2. The van der Waals surface area contributed by atoms with E-state index in [2.05, 4.69) is 23.6 Å². The second-order valence-electron chi connectivity index (χ2n) is 7.40. The Morgan fingerprint density at radius 3 is 2.41 bits per heavy atom. The molecule has 4 rings (SSSR count). The SMILES string of the molecule is Cc1ccc2c(c1)sc1nc(C)c(S(=O)(=O)Nc3ccc(C(C)C)cc3)c(=O)n12. The first-order valence-corrected chi connectivity index (χ1v) is 11.5. The number of hydrogen-bond donors (Lipinski definition) is 1. The number of nitrogens with one attached hydrogen (secondary N) is 1. The Hall–Kier alpha value is -2.71. The molecule has 0 aliphatic heterocycles. The van der Waals surface area contributed by atoms with Crippen LogP contribution in [0.1, 0.15) is 36.6 Å². The summed E-state index contributed by atoms with van der Waals surface area (Å²) in [6.07, 6.45) is 0. The Bertz CT molecular complexity index is 1400. The molecule has 0 atom stereocenters. The van der Waals surface area contributed by atoms with Gasteiger partial charge in [-0.3, -0.25) is 9.52 Å². The van der Waals surface area contributed by atoms with Crippen molar-refractivity contribution < 1.29 is 8.42 Å². The van der Waals surface area contributed by atoms with Gasteiger partial charge in [-0.2, -0.15) is 0 Å². The van der Waals surface area contributed by atoms with Crippen LogP contribution in [-0.2, 0) is 10.0 Å². The number of thiazole rings is 1. The van der Waals surface area contributed by atoms with E-state index in [0.29, 0.717) is 22.1 Å². The highest BCUT2D eigenvalue weighted by Gasteiger charge is 2.25. The summed E-state index contributed by atoms with van der Waals surface area (Å²) >= 11 is 1.37. The molecule has 0 fully saturated rings. The summed E-state index contributed by atoms with van der Waals surface area (Å²) in [5.74, 6) is 0.342. The fourth-order valence-electron chi connectivity index (χ4n) is 3.31. The predicted octanol–water partition coefficient (Wildman–Crippen LogP) is 4.45. The van der Waals surface area contributed by atoms with Gasteiger partial charge in [0, 0.05) is 5.69 Å². The third kappa shape index (κ3) is 3.42. The lowest BCUT2D eigenvalue weighted by Gasteiger charge is -2.11. The summed E-state index contributed by atoms with van der Waals surface area (Å²) in [5, 5.41) is 0. The minimum Gasteiger partial charge on any atom is -0.279 e. The number of rotatable bonds is 4. The van der Waals surface area contributed by atoms with Gasteiger partial charge in [-0.15, -0.1) is 0 Å². The Morgan fingerprint density at radius 1 is 1.07 bits per heavy atom. The van der Waals surface area contributed by atoms with E-state index in [-0.39, 0.29) is 10.6 Å². The van der Waals surface area contributed by atoms with Crippen molar-refractivity contribution in [3.8, 4) is 0 Å². The molecule has 8 heteroatoms. The zero-order valence-corrected chi connectivity index (χ0v) is 18.2. The van der Waals surface area contributed by atoms with Crippen LogP contribution in [0.3, 0.4) is 0 Å². The molecule has 2 heterocycles. The molecule has 0 aliphatic rings. The molecule has 29 heavy (non-hydrogen) atoms. The molecular formula is C21H21N3O3S2. The van der Waals surface area contributed by atoms with Gasteiger partial charge in [0.05, 0.1) is 15.9 Å². The molecule has 0 saturated heterocycles. The number of hydrogen-bond acceptors (Lipinski definition) is 5. The number of anilines is 1. The molecule has 6 nitrogen and oxygen atoms in total. The topological polar surface area (TPSA) is 80.5 Å². The van der Waals surface area contributed by atoms with E-state index >= 15 is 0 Å². The fourth-order valence-corrected chi connectivity index (χ4v) is 5.77. The minimum absolute atomic E-state index is 0.185. The van der Waals surface area contributed by atoms with Gasteiger partial charge in [0.25, 0.3) is 15.6 Å². The van der Waals surface area contributed by atoms with Crippen LogP contribution in [0.2, 0.25) is 0 Å². The molecule has 150 valence electrons. The van der Waals surface area contributed by atoms with E-state index in [1.54, 1.807) is 19.1 Å². The molecule has 0 unspecified atom stereocenters. The maximum absolute atomic E-state index is 13.2. The molecule has 0 amide bonds. The molecule has 4 aromatic rings. The van der Waals surface area contributed by atoms with Gasteiger partial charge in [0.2, 0.25) is 0 Å². The normalized spacial score (nSPS) is 12.2. The largest absolute Gasteiger partial charge is 0.280 e. The van der Waals surface area contributed by atoms with Crippen LogP contribution in [0.25, 0.3) is 15.2 Å². The number of aromatic nitrogens is 2. The Balaban J connectivity index is 1.85. The van der Waals surface area contributed by atoms with E-state index in [4.69, 9.17) is 0 Å². The Morgan fingerprint density at radius 2 is 1.76 bits per heavy atom. The highest BCUT2D eigenvalue weighted by atomic mass is 32.2. The summed E-state index contributed by atoms with van der Waals surface area (Å²) in [5.41, 5.74) is 2.83. The van der Waals surface area contributed by atoms with Crippen LogP contribution in [0.15, 0.2) is 52.2 Å². The minimum atomic E-state index is -4.10. The van der Waals surface area contributed by atoms with E-state index in [0.717, 1.165) is 15.8 Å². The lowest BCUT2D eigenvalue weighted by Crippen LogP contribution is -2.27.